The lowest BCUT2D eigenvalue weighted by molar-refractivity contribution is -0.121. The first-order valence-electron chi connectivity index (χ1n) is 10.1. The van der Waals surface area contributed by atoms with Crippen LogP contribution >= 0.6 is 0 Å². The molecule has 1 N–H and O–H groups in total. The van der Waals surface area contributed by atoms with Gasteiger partial charge in [0, 0.05) is 29.7 Å². The Bertz CT molecular complexity index is 912. The van der Waals surface area contributed by atoms with Gasteiger partial charge in [-0.05, 0) is 69.3 Å². The summed E-state index contributed by atoms with van der Waals surface area (Å²) in [6, 6.07) is 5.93. The Labute approximate surface area is 159 Å². The van der Waals surface area contributed by atoms with E-state index in [9.17, 15) is 9.59 Å². The van der Waals surface area contributed by atoms with Gasteiger partial charge >= 0.3 is 5.63 Å². The van der Waals surface area contributed by atoms with Crippen LogP contribution in [-0.2, 0) is 4.79 Å². The second-order valence-electron chi connectivity index (χ2n) is 8.17. The smallest absolute Gasteiger partial charge is 0.336 e. The first kappa shape index (κ1) is 18.2. The number of nitrogens with one attached hydrogen (secondary N) is 1. The number of likely N-dealkylation sites (tertiary alicyclic amines) is 1. The van der Waals surface area contributed by atoms with Crippen LogP contribution in [0.15, 0.2) is 27.4 Å². The van der Waals surface area contributed by atoms with Gasteiger partial charge in [0.25, 0.3) is 0 Å². The molecule has 5 heteroatoms. The Morgan fingerprint density at radius 1 is 1.07 bits per heavy atom. The number of benzene rings is 1. The molecule has 1 aliphatic carbocycles. The quantitative estimate of drug-likeness (QED) is 0.832. The zero-order valence-electron chi connectivity index (χ0n) is 16.2. The highest BCUT2D eigenvalue weighted by atomic mass is 16.4. The van der Waals surface area contributed by atoms with E-state index in [0.717, 1.165) is 48.1 Å². The van der Waals surface area contributed by atoms with Crippen LogP contribution in [0.25, 0.3) is 11.0 Å². The molecule has 1 atom stereocenters. The van der Waals surface area contributed by atoms with Crippen molar-refractivity contribution in [3.05, 3.63) is 39.7 Å². The summed E-state index contributed by atoms with van der Waals surface area (Å²) >= 11 is 0. The minimum absolute atomic E-state index is 0.0456. The molecule has 2 heterocycles. The molecule has 1 saturated carbocycles. The molecule has 1 amide bonds. The van der Waals surface area contributed by atoms with Gasteiger partial charge in [-0.15, -0.1) is 0 Å². The topological polar surface area (TPSA) is 62.6 Å². The maximum absolute atomic E-state index is 12.9. The van der Waals surface area contributed by atoms with Gasteiger partial charge in [0.05, 0.1) is 5.92 Å². The van der Waals surface area contributed by atoms with Crippen LogP contribution < -0.4 is 10.9 Å². The van der Waals surface area contributed by atoms with E-state index < -0.39 is 0 Å². The number of fused-ring (bicyclic) bond motifs is 1. The SMILES string of the molecule is Cc1cc2oc(=O)cc(C)c2cc1NC(=O)C1CCCN(C2CCCC2)C1. The molecule has 0 bridgehead atoms. The number of amides is 1. The van der Waals surface area contributed by atoms with Crippen LogP contribution in [0.5, 0.6) is 0 Å². The van der Waals surface area contributed by atoms with Gasteiger partial charge < -0.3 is 9.73 Å². The summed E-state index contributed by atoms with van der Waals surface area (Å²) < 4.78 is 5.30. The number of rotatable bonds is 3. The van der Waals surface area contributed by atoms with Crippen LogP contribution in [-0.4, -0.2) is 29.9 Å². The van der Waals surface area contributed by atoms with E-state index in [2.05, 4.69) is 10.2 Å². The monoisotopic (exact) mass is 368 g/mol. The second-order valence-corrected chi connectivity index (χ2v) is 8.17. The van der Waals surface area contributed by atoms with Gasteiger partial charge in [-0.3, -0.25) is 9.69 Å². The van der Waals surface area contributed by atoms with Crippen molar-refractivity contribution in [2.24, 2.45) is 5.92 Å². The summed E-state index contributed by atoms with van der Waals surface area (Å²) in [4.78, 5) is 27.1. The first-order valence-corrected chi connectivity index (χ1v) is 10.1. The predicted octanol–water partition coefficient (Wildman–Crippen LogP) is 4.00. The fourth-order valence-electron chi connectivity index (χ4n) is 4.66. The van der Waals surface area contributed by atoms with Gasteiger partial charge in [0.1, 0.15) is 5.58 Å². The molecule has 2 aliphatic rings. The molecule has 0 radical (unpaired) electrons. The van der Waals surface area contributed by atoms with Crippen molar-refractivity contribution < 1.29 is 9.21 Å². The zero-order valence-corrected chi connectivity index (χ0v) is 16.2. The summed E-state index contributed by atoms with van der Waals surface area (Å²) in [5, 5.41) is 4.01. The lowest BCUT2D eigenvalue weighted by Crippen LogP contribution is -2.45. The van der Waals surface area contributed by atoms with Crippen LogP contribution in [0, 0.1) is 19.8 Å². The van der Waals surface area contributed by atoms with Gasteiger partial charge in [-0.2, -0.15) is 0 Å². The van der Waals surface area contributed by atoms with Gasteiger partial charge in [0.15, 0.2) is 0 Å². The van der Waals surface area contributed by atoms with E-state index in [1.165, 1.54) is 31.7 Å². The fourth-order valence-corrected chi connectivity index (χ4v) is 4.66. The number of nitrogens with zero attached hydrogens (tertiary/aromatic N) is 1. The van der Waals surface area contributed by atoms with Crippen molar-refractivity contribution in [1.82, 2.24) is 4.90 Å². The number of anilines is 1. The van der Waals surface area contributed by atoms with E-state index in [0.29, 0.717) is 11.6 Å². The van der Waals surface area contributed by atoms with Crippen molar-refractivity contribution in [2.75, 3.05) is 18.4 Å². The van der Waals surface area contributed by atoms with Crippen LogP contribution in [0.1, 0.15) is 49.7 Å². The third-order valence-corrected chi connectivity index (χ3v) is 6.22. The highest BCUT2D eigenvalue weighted by molar-refractivity contribution is 5.96. The van der Waals surface area contributed by atoms with E-state index in [-0.39, 0.29) is 17.5 Å². The number of piperidine rings is 1. The molecule has 1 unspecified atom stereocenters. The Morgan fingerprint density at radius 3 is 2.63 bits per heavy atom. The Morgan fingerprint density at radius 2 is 1.85 bits per heavy atom. The molecule has 2 fully saturated rings. The molecule has 1 aliphatic heterocycles. The highest BCUT2D eigenvalue weighted by Gasteiger charge is 2.31. The predicted molar refractivity (Wildman–Crippen MR) is 107 cm³/mol. The maximum atomic E-state index is 12.9. The summed E-state index contributed by atoms with van der Waals surface area (Å²) in [7, 11) is 0. The number of aryl methyl sites for hydroxylation is 2. The van der Waals surface area contributed by atoms with Crippen molar-refractivity contribution in [2.45, 2.75) is 58.4 Å². The zero-order chi connectivity index (χ0) is 19.0. The molecule has 4 rings (SSSR count). The third kappa shape index (κ3) is 3.79. The van der Waals surface area contributed by atoms with E-state index in [1.807, 2.05) is 26.0 Å². The number of hydrogen-bond acceptors (Lipinski definition) is 4. The van der Waals surface area contributed by atoms with Crippen LogP contribution in [0.2, 0.25) is 0 Å². The fraction of sp³-hybridized carbons (Fsp3) is 0.545. The maximum Gasteiger partial charge on any atom is 0.336 e. The van der Waals surface area contributed by atoms with E-state index in [1.54, 1.807) is 0 Å². The Kier molecular flexibility index (Phi) is 5.04. The van der Waals surface area contributed by atoms with E-state index >= 15 is 0 Å². The second kappa shape index (κ2) is 7.47. The van der Waals surface area contributed by atoms with E-state index in [4.69, 9.17) is 4.42 Å². The van der Waals surface area contributed by atoms with Crippen LogP contribution in [0.4, 0.5) is 5.69 Å². The van der Waals surface area contributed by atoms with Gasteiger partial charge in [-0.1, -0.05) is 12.8 Å². The third-order valence-electron chi connectivity index (χ3n) is 6.22. The minimum Gasteiger partial charge on any atom is -0.423 e. The Hall–Kier alpha value is -2.14. The molecular formula is C22H28N2O3. The van der Waals surface area contributed by atoms with Crippen molar-refractivity contribution in [3.63, 3.8) is 0 Å². The average Bonchev–Trinajstić information content (AvgIpc) is 3.17. The summed E-state index contributed by atoms with van der Waals surface area (Å²) in [6.07, 6.45) is 7.25. The van der Waals surface area contributed by atoms with Crippen molar-refractivity contribution >= 4 is 22.6 Å². The lowest BCUT2D eigenvalue weighted by atomic mass is 9.95. The first-order chi connectivity index (χ1) is 13.0. The molecule has 144 valence electrons. The lowest BCUT2D eigenvalue weighted by Gasteiger charge is -2.36. The largest absolute Gasteiger partial charge is 0.423 e. The summed E-state index contributed by atoms with van der Waals surface area (Å²) in [6.45, 7) is 5.82. The minimum atomic E-state index is -0.342. The van der Waals surface area contributed by atoms with Gasteiger partial charge in [-0.25, -0.2) is 4.79 Å². The average molecular weight is 368 g/mol. The van der Waals surface area contributed by atoms with Gasteiger partial charge in [0.2, 0.25) is 5.91 Å². The molecule has 1 saturated heterocycles. The Balaban J connectivity index is 1.52. The molecule has 1 aromatic heterocycles. The molecule has 1 aromatic carbocycles. The number of carbonyl (C=O) groups is 1. The normalized spacial score (nSPS) is 21.6. The molecule has 0 spiro atoms. The standard InChI is InChI=1S/C22H28N2O3/c1-14-11-21(25)27-20-10-15(2)19(12-18(14)20)23-22(26)16-6-5-9-24(13-16)17-7-3-4-8-17/h10-12,16-17H,3-9,13H2,1-2H3,(H,23,26). The highest BCUT2D eigenvalue weighted by Crippen LogP contribution is 2.29. The van der Waals surface area contributed by atoms with Crippen LogP contribution in [0.3, 0.4) is 0 Å². The summed E-state index contributed by atoms with van der Waals surface area (Å²) in [5.74, 6) is 0.152. The number of carbonyl (C=O) groups excluding carboxylic acids is 1. The number of hydrogen-bond donors (Lipinski definition) is 1. The molecular weight excluding hydrogens is 340 g/mol. The molecule has 5 nitrogen and oxygen atoms in total. The van der Waals surface area contributed by atoms with Crippen molar-refractivity contribution in [1.29, 1.82) is 0 Å². The summed E-state index contributed by atoms with van der Waals surface area (Å²) in [5.41, 5.74) is 2.81. The molecule has 27 heavy (non-hydrogen) atoms. The van der Waals surface area contributed by atoms with Crippen molar-refractivity contribution in [3.8, 4) is 0 Å². The molecule has 2 aromatic rings.